The molecule has 0 saturated carbocycles. The first-order valence-corrected chi connectivity index (χ1v) is 11.1. The number of nitrogens with one attached hydrogen (secondary N) is 2. The van der Waals surface area contributed by atoms with E-state index in [0.717, 1.165) is 24.8 Å². The van der Waals surface area contributed by atoms with E-state index in [9.17, 15) is 18.0 Å². The van der Waals surface area contributed by atoms with Crippen molar-refractivity contribution in [2.45, 2.75) is 31.1 Å². The van der Waals surface area contributed by atoms with Crippen molar-refractivity contribution in [1.82, 2.24) is 15.2 Å². The standard InChI is InChI=1S/C20H22ClN3O4S/c1-14-7-3-4-8-16(14)20(26)23-22-19(25)15-9-10-17(21)18(13-15)29(27,28)24-11-5-2-6-12-24/h3-4,7-10,13H,2,5-6,11-12H2,1H3,(H,22,25)(H,23,26). The van der Waals surface area contributed by atoms with Gasteiger partial charge in [-0.3, -0.25) is 20.4 Å². The smallest absolute Gasteiger partial charge is 0.267 e. The van der Waals surface area contributed by atoms with Gasteiger partial charge in [-0.25, -0.2) is 8.42 Å². The molecule has 3 rings (SSSR count). The maximum atomic E-state index is 12.9. The molecule has 0 aromatic heterocycles. The van der Waals surface area contributed by atoms with Crippen molar-refractivity contribution in [3.05, 3.63) is 64.2 Å². The Hall–Kier alpha value is -2.42. The predicted molar refractivity (Wildman–Crippen MR) is 110 cm³/mol. The minimum absolute atomic E-state index is 0.0519. The molecule has 0 bridgehead atoms. The van der Waals surface area contributed by atoms with E-state index in [2.05, 4.69) is 10.9 Å². The largest absolute Gasteiger partial charge is 0.269 e. The number of hydrazine groups is 1. The topological polar surface area (TPSA) is 95.6 Å². The van der Waals surface area contributed by atoms with Gasteiger partial charge in [0, 0.05) is 24.2 Å². The van der Waals surface area contributed by atoms with Crippen molar-refractivity contribution in [2.24, 2.45) is 0 Å². The van der Waals surface area contributed by atoms with E-state index in [1.807, 2.05) is 6.07 Å². The molecular weight excluding hydrogens is 414 g/mol. The van der Waals surface area contributed by atoms with Crippen LogP contribution in [0.1, 0.15) is 45.5 Å². The van der Waals surface area contributed by atoms with Gasteiger partial charge in [0.25, 0.3) is 11.8 Å². The van der Waals surface area contributed by atoms with Gasteiger partial charge in [0.1, 0.15) is 4.90 Å². The lowest BCUT2D eigenvalue weighted by Gasteiger charge is -2.26. The summed E-state index contributed by atoms with van der Waals surface area (Å²) in [7, 11) is -3.79. The summed E-state index contributed by atoms with van der Waals surface area (Å²) >= 11 is 6.12. The van der Waals surface area contributed by atoms with Gasteiger partial charge in [-0.2, -0.15) is 4.31 Å². The molecule has 2 aromatic carbocycles. The van der Waals surface area contributed by atoms with Crippen LogP contribution in [-0.2, 0) is 10.0 Å². The lowest BCUT2D eigenvalue weighted by atomic mass is 10.1. The molecule has 2 N–H and O–H groups in total. The van der Waals surface area contributed by atoms with E-state index in [-0.39, 0.29) is 15.5 Å². The molecule has 1 fully saturated rings. The highest BCUT2D eigenvalue weighted by Crippen LogP contribution is 2.27. The zero-order valence-corrected chi connectivity index (χ0v) is 17.5. The summed E-state index contributed by atoms with van der Waals surface area (Å²) in [4.78, 5) is 24.6. The second-order valence-corrected chi connectivity index (χ2v) is 9.15. The SMILES string of the molecule is Cc1ccccc1C(=O)NNC(=O)c1ccc(Cl)c(S(=O)(=O)N2CCCCC2)c1. The van der Waals surface area contributed by atoms with Crippen molar-refractivity contribution >= 4 is 33.4 Å². The van der Waals surface area contributed by atoms with Gasteiger partial charge in [-0.15, -0.1) is 0 Å². The highest BCUT2D eigenvalue weighted by Gasteiger charge is 2.28. The molecule has 29 heavy (non-hydrogen) atoms. The van der Waals surface area contributed by atoms with Crippen LogP contribution in [0.5, 0.6) is 0 Å². The number of hydrogen-bond donors (Lipinski definition) is 2. The van der Waals surface area contributed by atoms with Crippen molar-refractivity contribution < 1.29 is 18.0 Å². The molecule has 7 nitrogen and oxygen atoms in total. The monoisotopic (exact) mass is 435 g/mol. The van der Waals surface area contributed by atoms with E-state index in [0.29, 0.717) is 18.7 Å². The molecule has 2 aromatic rings. The van der Waals surface area contributed by atoms with Gasteiger partial charge in [-0.05, 0) is 49.6 Å². The molecule has 1 heterocycles. The van der Waals surface area contributed by atoms with E-state index in [1.165, 1.54) is 22.5 Å². The van der Waals surface area contributed by atoms with Crippen LogP contribution in [0.4, 0.5) is 0 Å². The van der Waals surface area contributed by atoms with E-state index in [1.54, 1.807) is 25.1 Å². The zero-order valence-electron chi connectivity index (χ0n) is 15.9. The molecule has 1 aliphatic heterocycles. The first-order valence-electron chi connectivity index (χ1n) is 9.27. The molecule has 9 heteroatoms. The minimum Gasteiger partial charge on any atom is -0.267 e. The van der Waals surface area contributed by atoms with Crippen molar-refractivity contribution in [1.29, 1.82) is 0 Å². The summed E-state index contributed by atoms with van der Waals surface area (Å²) in [5, 5.41) is 0.0519. The Bertz CT molecular complexity index is 1030. The summed E-state index contributed by atoms with van der Waals surface area (Å²) in [6.45, 7) is 2.65. The fraction of sp³-hybridized carbons (Fsp3) is 0.300. The third-order valence-corrected chi connectivity index (χ3v) is 7.19. The predicted octanol–water partition coefficient (Wildman–Crippen LogP) is 2.90. The minimum atomic E-state index is -3.79. The summed E-state index contributed by atoms with van der Waals surface area (Å²) < 4.78 is 27.2. The van der Waals surface area contributed by atoms with Gasteiger partial charge in [0.05, 0.1) is 5.02 Å². The molecule has 0 aliphatic carbocycles. The number of carbonyl (C=O) groups excluding carboxylic acids is 2. The number of sulfonamides is 1. The Morgan fingerprint density at radius 1 is 0.966 bits per heavy atom. The number of amides is 2. The number of benzene rings is 2. The molecule has 2 amide bonds. The fourth-order valence-electron chi connectivity index (χ4n) is 3.17. The van der Waals surface area contributed by atoms with Crippen LogP contribution in [0.2, 0.25) is 5.02 Å². The number of rotatable bonds is 4. The summed E-state index contributed by atoms with van der Waals surface area (Å²) in [6, 6.07) is 11.0. The summed E-state index contributed by atoms with van der Waals surface area (Å²) in [5.41, 5.74) is 5.93. The first kappa shape index (κ1) is 21.3. The van der Waals surface area contributed by atoms with Crippen LogP contribution in [0.25, 0.3) is 0 Å². The third-order valence-electron chi connectivity index (χ3n) is 4.81. The van der Waals surface area contributed by atoms with Crippen LogP contribution in [0, 0.1) is 6.92 Å². The van der Waals surface area contributed by atoms with Gasteiger partial charge in [0.2, 0.25) is 10.0 Å². The molecule has 1 aliphatic rings. The number of piperidine rings is 1. The van der Waals surface area contributed by atoms with Gasteiger partial charge in [-0.1, -0.05) is 36.2 Å². The Morgan fingerprint density at radius 3 is 2.31 bits per heavy atom. The van der Waals surface area contributed by atoms with E-state index < -0.39 is 21.8 Å². The second kappa shape index (κ2) is 8.94. The Kier molecular flexibility index (Phi) is 6.56. The lowest BCUT2D eigenvalue weighted by Crippen LogP contribution is -2.42. The molecule has 154 valence electrons. The Balaban J connectivity index is 1.76. The quantitative estimate of drug-likeness (QED) is 0.722. The van der Waals surface area contributed by atoms with Crippen LogP contribution >= 0.6 is 11.6 Å². The molecule has 0 radical (unpaired) electrons. The average molecular weight is 436 g/mol. The van der Waals surface area contributed by atoms with Gasteiger partial charge in [0.15, 0.2) is 0 Å². The molecule has 0 unspecified atom stereocenters. The molecule has 0 atom stereocenters. The number of nitrogens with zero attached hydrogens (tertiary/aromatic N) is 1. The number of carbonyl (C=O) groups is 2. The normalized spacial score (nSPS) is 15.0. The van der Waals surface area contributed by atoms with Gasteiger partial charge >= 0.3 is 0 Å². The average Bonchev–Trinajstić information content (AvgIpc) is 2.73. The van der Waals surface area contributed by atoms with Crippen LogP contribution in [-0.4, -0.2) is 37.6 Å². The summed E-state index contributed by atoms with van der Waals surface area (Å²) in [5.74, 6) is -1.11. The number of hydrogen-bond acceptors (Lipinski definition) is 4. The maximum Gasteiger partial charge on any atom is 0.269 e. The van der Waals surface area contributed by atoms with Gasteiger partial charge < -0.3 is 0 Å². The molecule has 0 spiro atoms. The fourth-order valence-corrected chi connectivity index (χ4v) is 5.18. The summed E-state index contributed by atoms with van der Waals surface area (Å²) in [6.07, 6.45) is 2.58. The first-order chi connectivity index (χ1) is 13.8. The molecular formula is C20H22ClN3O4S. The lowest BCUT2D eigenvalue weighted by molar-refractivity contribution is 0.0846. The van der Waals surface area contributed by atoms with Crippen LogP contribution in [0.15, 0.2) is 47.4 Å². The van der Waals surface area contributed by atoms with Crippen molar-refractivity contribution in [3.8, 4) is 0 Å². The maximum absolute atomic E-state index is 12.9. The number of halogens is 1. The van der Waals surface area contributed by atoms with E-state index in [4.69, 9.17) is 11.6 Å². The Morgan fingerprint density at radius 2 is 1.62 bits per heavy atom. The highest BCUT2D eigenvalue weighted by atomic mass is 35.5. The molecule has 1 saturated heterocycles. The van der Waals surface area contributed by atoms with Crippen LogP contribution < -0.4 is 10.9 Å². The van der Waals surface area contributed by atoms with Crippen LogP contribution in [0.3, 0.4) is 0 Å². The highest BCUT2D eigenvalue weighted by molar-refractivity contribution is 7.89. The third kappa shape index (κ3) is 4.77. The van der Waals surface area contributed by atoms with E-state index >= 15 is 0 Å². The van der Waals surface area contributed by atoms with Crippen molar-refractivity contribution in [2.75, 3.05) is 13.1 Å². The number of aryl methyl sites for hydroxylation is 1. The second-order valence-electron chi connectivity index (χ2n) is 6.83. The Labute approximate surface area is 175 Å². The zero-order chi connectivity index (χ0) is 21.0. The van der Waals surface area contributed by atoms with Crippen molar-refractivity contribution in [3.63, 3.8) is 0 Å².